The summed E-state index contributed by atoms with van der Waals surface area (Å²) < 4.78 is 38.0. The molecule has 0 atom stereocenters. The van der Waals surface area contributed by atoms with Crippen molar-refractivity contribution < 1.29 is 27.9 Å². The zero-order valence-electron chi connectivity index (χ0n) is 11.6. The van der Waals surface area contributed by atoms with Crippen LogP contribution in [0.2, 0.25) is 0 Å². The fraction of sp³-hybridized carbons (Fsp3) is 0.667. The van der Waals surface area contributed by atoms with Crippen LogP contribution in [0.3, 0.4) is 0 Å². The molecule has 1 aliphatic carbocycles. The Bertz CT molecular complexity index is 554. The van der Waals surface area contributed by atoms with Gasteiger partial charge in [0.05, 0.1) is 12.6 Å². The third-order valence-corrected chi connectivity index (χ3v) is 3.25. The van der Waals surface area contributed by atoms with Crippen LogP contribution in [0.25, 0.3) is 0 Å². The molecule has 22 heavy (non-hydrogen) atoms. The first-order valence-electron chi connectivity index (χ1n) is 6.72. The molecule has 1 N–H and O–H groups in total. The molecule has 1 aromatic rings. The number of alkyl halides is 3. The number of aromatic carboxylic acids is 1. The first-order valence-corrected chi connectivity index (χ1v) is 6.72. The smallest absolute Gasteiger partial charge is 0.390 e. The zero-order chi connectivity index (χ0) is 16.3. The van der Waals surface area contributed by atoms with E-state index in [4.69, 9.17) is 5.11 Å². The van der Waals surface area contributed by atoms with Gasteiger partial charge in [0.25, 0.3) is 0 Å². The van der Waals surface area contributed by atoms with E-state index in [0.717, 1.165) is 28.6 Å². The van der Waals surface area contributed by atoms with Crippen LogP contribution in [0.4, 0.5) is 13.2 Å². The highest BCUT2D eigenvalue weighted by Gasteiger charge is 2.32. The van der Waals surface area contributed by atoms with Crippen LogP contribution >= 0.6 is 0 Å². The molecule has 1 aliphatic rings. The molecule has 1 heterocycles. The normalized spacial score (nSPS) is 14.9. The number of carbonyl (C=O) groups is 2. The van der Waals surface area contributed by atoms with Gasteiger partial charge in [-0.15, -0.1) is 5.10 Å². The van der Waals surface area contributed by atoms with Crippen molar-refractivity contribution in [1.82, 2.24) is 19.9 Å². The third-order valence-electron chi connectivity index (χ3n) is 3.25. The van der Waals surface area contributed by atoms with Gasteiger partial charge in [-0.2, -0.15) is 13.2 Å². The number of carboxylic acids is 1. The summed E-state index contributed by atoms with van der Waals surface area (Å²) in [5.41, 5.74) is -0.322. The molecule has 0 bridgehead atoms. The summed E-state index contributed by atoms with van der Waals surface area (Å²) in [6, 6.07) is 0. The molecule has 1 fully saturated rings. The number of nitrogens with zero attached hydrogens (tertiary/aromatic N) is 4. The highest BCUT2D eigenvalue weighted by Crippen LogP contribution is 2.30. The summed E-state index contributed by atoms with van der Waals surface area (Å²) in [5, 5.41) is 15.5. The Labute approximate surface area is 123 Å². The van der Waals surface area contributed by atoms with E-state index in [0.29, 0.717) is 0 Å². The van der Waals surface area contributed by atoms with E-state index >= 15 is 0 Å². The lowest BCUT2D eigenvalue weighted by atomic mass is 10.3. The number of carbonyl (C=O) groups excluding carboxylic acids is 1. The van der Waals surface area contributed by atoms with Gasteiger partial charge >= 0.3 is 12.1 Å². The summed E-state index contributed by atoms with van der Waals surface area (Å²) in [6.45, 7) is -0.445. The molecule has 1 amide bonds. The average molecular weight is 320 g/mol. The number of carboxylic acid groups (broad SMARTS) is 1. The van der Waals surface area contributed by atoms with E-state index in [-0.39, 0.29) is 24.7 Å². The molecule has 0 radical (unpaired) electrons. The predicted molar refractivity (Wildman–Crippen MR) is 67.0 cm³/mol. The Morgan fingerprint density at radius 1 is 1.41 bits per heavy atom. The monoisotopic (exact) mass is 320 g/mol. The number of halogens is 3. The molecule has 0 saturated heterocycles. The quantitative estimate of drug-likeness (QED) is 0.814. The molecule has 0 aromatic carbocycles. The van der Waals surface area contributed by atoms with E-state index in [1.807, 2.05) is 0 Å². The first-order chi connectivity index (χ1) is 10.2. The average Bonchev–Trinajstić information content (AvgIpc) is 3.10. The van der Waals surface area contributed by atoms with Crippen molar-refractivity contribution in [3.63, 3.8) is 0 Å². The van der Waals surface area contributed by atoms with Crippen molar-refractivity contribution in [2.24, 2.45) is 5.92 Å². The number of hydrogen-bond donors (Lipinski definition) is 1. The standard InChI is InChI=1S/C12H15F3N4O3/c13-12(14,15)3-4-18(5-8-1-2-8)10(20)7-19-6-9(11(21)22)16-17-19/h6,8H,1-5,7H2,(H,21,22). The van der Waals surface area contributed by atoms with Gasteiger partial charge in [-0.25, -0.2) is 9.48 Å². The van der Waals surface area contributed by atoms with Crippen LogP contribution in [-0.4, -0.2) is 56.1 Å². The fourth-order valence-corrected chi connectivity index (χ4v) is 1.90. The van der Waals surface area contributed by atoms with Gasteiger partial charge < -0.3 is 10.0 Å². The molecule has 0 aliphatic heterocycles. The predicted octanol–water partition coefficient (Wildman–Crippen LogP) is 1.17. The number of amides is 1. The second kappa shape index (κ2) is 6.32. The van der Waals surface area contributed by atoms with Crippen molar-refractivity contribution in [1.29, 1.82) is 0 Å². The van der Waals surface area contributed by atoms with E-state index < -0.39 is 31.0 Å². The van der Waals surface area contributed by atoms with Crippen LogP contribution < -0.4 is 0 Å². The molecule has 0 unspecified atom stereocenters. The Morgan fingerprint density at radius 3 is 2.59 bits per heavy atom. The molecule has 122 valence electrons. The topological polar surface area (TPSA) is 88.3 Å². The largest absolute Gasteiger partial charge is 0.476 e. The van der Waals surface area contributed by atoms with E-state index in [9.17, 15) is 22.8 Å². The van der Waals surface area contributed by atoms with Crippen LogP contribution in [-0.2, 0) is 11.3 Å². The molecule has 7 nitrogen and oxygen atoms in total. The van der Waals surface area contributed by atoms with Crippen molar-refractivity contribution in [3.8, 4) is 0 Å². The summed E-state index contributed by atoms with van der Waals surface area (Å²) in [4.78, 5) is 23.9. The molecule has 1 aromatic heterocycles. The van der Waals surface area contributed by atoms with Crippen LogP contribution in [0.1, 0.15) is 29.8 Å². The van der Waals surface area contributed by atoms with Gasteiger partial charge in [0.15, 0.2) is 5.69 Å². The van der Waals surface area contributed by atoms with Gasteiger partial charge in [0.1, 0.15) is 6.54 Å². The van der Waals surface area contributed by atoms with Crippen molar-refractivity contribution in [2.45, 2.75) is 32.0 Å². The van der Waals surface area contributed by atoms with Crippen LogP contribution in [0, 0.1) is 5.92 Å². The van der Waals surface area contributed by atoms with E-state index in [2.05, 4.69) is 10.3 Å². The van der Waals surface area contributed by atoms with Gasteiger partial charge in [-0.3, -0.25) is 4.79 Å². The maximum Gasteiger partial charge on any atom is 0.390 e. The number of aromatic nitrogens is 3. The minimum atomic E-state index is -4.33. The number of hydrogen-bond acceptors (Lipinski definition) is 4. The van der Waals surface area contributed by atoms with Gasteiger partial charge in [0.2, 0.25) is 5.91 Å². The van der Waals surface area contributed by atoms with Gasteiger partial charge in [0, 0.05) is 13.1 Å². The Balaban J connectivity index is 1.95. The van der Waals surface area contributed by atoms with E-state index in [1.54, 1.807) is 0 Å². The van der Waals surface area contributed by atoms with Crippen molar-refractivity contribution in [3.05, 3.63) is 11.9 Å². The zero-order valence-corrected chi connectivity index (χ0v) is 11.6. The lowest BCUT2D eigenvalue weighted by molar-refractivity contribution is -0.146. The van der Waals surface area contributed by atoms with Crippen molar-refractivity contribution in [2.75, 3.05) is 13.1 Å². The maximum absolute atomic E-state index is 12.3. The minimum absolute atomic E-state index is 0.252. The summed E-state index contributed by atoms with van der Waals surface area (Å²) >= 11 is 0. The Kier molecular flexibility index (Phi) is 4.67. The molecule has 10 heteroatoms. The lowest BCUT2D eigenvalue weighted by Crippen LogP contribution is -2.38. The van der Waals surface area contributed by atoms with E-state index in [1.165, 1.54) is 0 Å². The molecule has 1 saturated carbocycles. The minimum Gasteiger partial charge on any atom is -0.476 e. The fourth-order valence-electron chi connectivity index (χ4n) is 1.90. The SMILES string of the molecule is O=C(O)c1cn(CC(=O)N(CCC(F)(F)F)CC2CC2)nn1. The lowest BCUT2D eigenvalue weighted by Gasteiger charge is -2.23. The highest BCUT2D eigenvalue weighted by atomic mass is 19.4. The maximum atomic E-state index is 12.3. The van der Waals surface area contributed by atoms with Crippen LogP contribution in [0.5, 0.6) is 0 Å². The molecular weight excluding hydrogens is 305 g/mol. The summed E-state index contributed by atoms with van der Waals surface area (Å²) in [7, 11) is 0. The van der Waals surface area contributed by atoms with Gasteiger partial charge in [-0.1, -0.05) is 5.21 Å². The van der Waals surface area contributed by atoms with Crippen LogP contribution in [0.15, 0.2) is 6.20 Å². The summed E-state index contributed by atoms with van der Waals surface area (Å²) in [6.07, 6.45) is -2.52. The van der Waals surface area contributed by atoms with Crippen molar-refractivity contribution >= 4 is 11.9 Å². The number of rotatable bonds is 7. The summed E-state index contributed by atoms with van der Waals surface area (Å²) in [5.74, 6) is -1.56. The Morgan fingerprint density at radius 2 is 2.09 bits per heavy atom. The first kappa shape index (κ1) is 16.2. The van der Waals surface area contributed by atoms with Gasteiger partial charge in [-0.05, 0) is 18.8 Å². The highest BCUT2D eigenvalue weighted by molar-refractivity contribution is 5.84. The molecular formula is C12H15F3N4O3. The molecule has 2 rings (SSSR count). The molecule has 0 spiro atoms. The second-order valence-corrected chi connectivity index (χ2v) is 5.25. The second-order valence-electron chi connectivity index (χ2n) is 5.25. The third kappa shape index (κ3) is 5.01. The Hall–Kier alpha value is -2.13.